The van der Waals surface area contributed by atoms with Gasteiger partial charge in [0.25, 0.3) is 0 Å². The Morgan fingerprint density at radius 3 is 2.40 bits per heavy atom. The fourth-order valence-corrected chi connectivity index (χ4v) is 4.72. The quantitative estimate of drug-likeness (QED) is 0.236. The molecular formula is C14H20N3NaO6S. The minimum absolute atomic E-state index is 0. The van der Waals surface area contributed by atoms with Gasteiger partial charge >= 0.3 is 29.6 Å². The van der Waals surface area contributed by atoms with Crippen LogP contribution in [0.1, 0.15) is 20.8 Å². The van der Waals surface area contributed by atoms with Crippen molar-refractivity contribution >= 4 is 35.5 Å². The largest absolute Gasteiger partial charge is 1.00 e. The molecule has 3 amide bonds. The summed E-state index contributed by atoms with van der Waals surface area (Å²) in [6.07, 6.45) is -1.57. The summed E-state index contributed by atoms with van der Waals surface area (Å²) in [7, 11) is 0. The van der Waals surface area contributed by atoms with E-state index in [9.17, 15) is 29.4 Å². The van der Waals surface area contributed by atoms with E-state index in [1.807, 2.05) is 0 Å². The third-order valence-electron chi connectivity index (χ3n) is 4.11. The number of aliphatic carboxylic acids is 1. The van der Waals surface area contributed by atoms with E-state index in [1.165, 1.54) is 23.6 Å². The summed E-state index contributed by atoms with van der Waals surface area (Å²) in [6, 6.07) is -1.09. The smallest absolute Gasteiger partial charge is 0.548 e. The molecule has 25 heavy (non-hydrogen) atoms. The number of hydrogen-bond donors (Lipinski definition) is 3. The van der Waals surface area contributed by atoms with Crippen molar-refractivity contribution in [2.45, 2.75) is 43.0 Å². The standard InChI is InChI=1S/C14H21N3O6S.Na/c1-6(18)15-4-5-16-10(20)8(19)7-11(21)17-9(13(22)23)14(2,3)24-12(7)17;/h7-9,12,19H,4-5H2,1-3H3,(H,15,18)(H,16,20)(H,22,23);/q;+1/p-1/t7-,8+,9+,12-;/m1./s1. The van der Waals surface area contributed by atoms with Crippen LogP contribution in [0.2, 0.25) is 0 Å². The van der Waals surface area contributed by atoms with Crippen LogP contribution in [-0.4, -0.2) is 69.1 Å². The van der Waals surface area contributed by atoms with Crippen LogP contribution in [0.4, 0.5) is 0 Å². The monoisotopic (exact) mass is 381 g/mol. The number of carboxylic acid groups (broad SMARTS) is 1. The Kier molecular flexibility index (Phi) is 7.34. The van der Waals surface area contributed by atoms with E-state index in [0.29, 0.717) is 0 Å². The first kappa shape index (κ1) is 22.2. The van der Waals surface area contributed by atoms with Gasteiger partial charge in [0.1, 0.15) is 12.0 Å². The van der Waals surface area contributed by atoms with E-state index >= 15 is 0 Å². The first-order chi connectivity index (χ1) is 11.1. The second kappa shape index (κ2) is 8.26. The topological polar surface area (TPSA) is 139 Å². The second-order valence-corrected chi connectivity index (χ2v) is 8.09. The molecule has 0 saturated carbocycles. The summed E-state index contributed by atoms with van der Waals surface area (Å²) in [5.74, 6) is -3.88. The van der Waals surface area contributed by atoms with E-state index in [-0.39, 0.29) is 48.6 Å². The van der Waals surface area contributed by atoms with Crippen LogP contribution in [0.3, 0.4) is 0 Å². The molecule has 3 N–H and O–H groups in total. The number of thioether (sulfide) groups is 1. The Labute approximate surface area is 171 Å². The summed E-state index contributed by atoms with van der Waals surface area (Å²) in [4.78, 5) is 47.4. The van der Waals surface area contributed by atoms with Gasteiger partial charge in [-0.3, -0.25) is 14.4 Å². The molecule has 0 unspecified atom stereocenters. The molecule has 9 nitrogen and oxygen atoms in total. The number of carbonyl (C=O) groups excluding carboxylic acids is 4. The fraction of sp³-hybridized carbons (Fsp3) is 0.714. The second-order valence-electron chi connectivity index (χ2n) is 6.32. The van der Waals surface area contributed by atoms with Crippen molar-refractivity contribution in [3.8, 4) is 0 Å². The number of hydrogen-bond acceptors (Lipinski definition) is 7. The molecule has 0 aromatic rings. The van der Waals surface area contributed by atoms with Crippen LogP contribution in [0, 0.1) is 5.92 Å². The Hall–Kier alpha value is -0.810. The molecule has 2 aliphatic heterocycles. The summed E-state index contributed by atoms with van der Waals surface area (Å²) in [5.41, 5.74) is 0. The fourth-order valence-electron chi connectivity index (χ4n) is 3.01. The van der Waals surface area contributed by atoms with Gasteiger partial charge in [-0.05, 0) is 13.8 Å². The summed E-state index contributed by atoms with van der Waals surface area (Å²) < 4.78 is -0.768. The average molecular weight is 381 g/mol. The molecule has 2 heterocycles. The number of aliphatic hydroxyl groups is 1. The Bertz CT molecular complexity index is 587. The molecule has 2 rings (SSSR count). The van der Waals surface area contributed by atoms with Crippen molar-refractivity contribution in [2.24, 2.45) is 5.92 Å². The number of carbonyl (C=O) groups is 4. The average Bonchev–Trinajstić information content (AvgIpc) is 2.71. The number of fused-ring (bicyclic) bond motifs is 1. The van der Waals surface area contributed by atoms with Gasteiger partial charge in [0.2, 0.25) is 17.7 Å². The van der Waals surface area contributed by atoms with Crippen molar-refractivity contribution in [3.63, 3.8) is 0 Å². The molecule has 0 radical (unpaired) electrons. The van der Waals surface area contributed by atoms with Crippen LogP contribution < -0.4 is 45.3 Å². The number of aliphatic hydroxyl groups excluding tert-OH is 1. The molecule has 2 saturated heterocycles. The summed E-state index contributed by atoms with van der Waals surface area (Å²) >= 11 is 1.23. The van der Waals surface area contributed by atoms with Crippen molar-refractivity contribution in [2.75, 3.05) is 13.1 Å². The first-order valence-electron chi connectivity index (χ1n) is 7.49. The number of nitrogens with zero attached hydrogens (tertiary/aromatic N) is 1. The third kappa shape index (κ3) is 4.30. The SMILES string of the molecule is CC(=O)NCCNC(=O)[C@@H](O)[C@@H]1C(=O)N2[C@@H]1SC(C)(C)[C@@H]2C(=O)[O-].[Na+]. The van der Waals surface area contributed by atoms with E-state index in [1.54, 1.807) is 13.8 Å². The van der Waals surface area contributed by atoms with Gasteiger partial charge < -0.3 is 30.5 Å². The van der Waals surface area contributed by atoms with Crippen LogP contribution in [-0.2, 0) is 19.2 Å². The molecule has 0 spiro atoms. The van der Waals surface area contributed by atoms with Crippen molar-refractivity contribution < 1.29 is 58.9 Å². The molecule has 0 aromatic carbocycles. The maximum atomic E-state index is 12.2. The van der Waals surface area contributed by atoms with E-state index in [2.05, 4.69) is 10.6 Å². The molecule has 134 valence electrons. The van der Waals surface area contributed by atoms with Crippen LogP contribution in [0.5, 0.6) is 0 Å². The zero-order valence-electron chi connectivity index (χ0n) is 14.6. The van der Waals surface area contributed by atoms with Gasteiger partial charge in [0.05, 0.1) is 17.4 Å². The zero-order valence-corrected chi connectivity index (χ0v) is 17.4. The van der Waals surface area contributed by atoms with E-state index in [4.69, 9.17) is 0 Å². The molecule has 0 aromatic heterocycles. The van der Waals surface area contributed by atoms with Crippen LogP contribution in [0.25, 0.3) is 0 Å². The molecule has 2 aliphatic rings. The molecule has 0 bridgehead atoms. The van der Waals surface area contributed by atoms with Gasteiger partial charge in [-0.15, -0.1) is 11.8 Å². The molecule has 0 aliphatic carbocycles. The van der Waals surface area contributed by atoms with Gasteiger partial charge in [0.15, 0.2) is 0 Å². The molecule has 4 atom stereocenters. The van der Waals surface area contributed by atoms with Gasteiger partial charge in [0, 0.05) is 24.8 Å². The van der Waals surface area contributed by atoms with Gasteiger partial charge in [-0.25, -0.2) is 0 Å². The van der Waals surface area contributed by atoms with Gasteiger partial charge in [-0.2, -0.15) is 0 Å². The van der Waals surface area contributed by atoms with Crippen molar-refractivity contribution in [3.05, 3.63) is 0 Å². The van der Waals surface area contributed by atoms with Gasteiger partial charge in [-0.1, -0.05) is 0 Å². The first-order valence-corrected chi connectivity index (χ1v) is 8.37. The maximum absolute atomic E-state index is 12.2. The summed E-state index contributed by atoms with van der Waals surface area (Å²) in [6.45, 7) is 5.02. The van der Waals surface area contributed by atoms with Crippen LogP contribution >= 0.6 is 11.8 Å². The number of β-lactam (4-membered cyclic amide) rings is 1. The summed E-state index contributed by atoms with van der Waals surface area (Å²) in [5, 5.41) is 25.8. The predicted molar refractivity (Wildman–Crippen MR) is 82.3 cm³/mol. The third-order valence-corrected chi connectivity index (χ3v) is 5.70. The predicted octanol–water partition coefficient (Wildman–Crippen LogP) is -5.97. The Balaban J connectivity index is 0.00000312. The molecular weight excluding hydrogens is 361 g/mol. The number of rotatable bonds is 6. The number of amides is 3. The Morgan fingerprint density at radius 2 is 1.88 bits per heavy atom. The normalized spacial score (nSPS) is 27.4. The van der Waals surface area contributed by atoms with Crippen molar-refractivity contribution in [1.29, 1.82) is 0 Å². The Morgan fingerprint density at radius 1 is 1.32 bits per heavy atom. The van der Waals surface area contributed by atoms with E-state index in [0.717, 1.165) is 0 Å². The minimum atomic E-state index is -1.57. The van der Waals surface area contributed by atoms with Crippen LogP contribution in [0.15, 0.2) is 0 Å². The number of nitrogens with one attached hydrogen (secondary N) is 2. The maximum Gasteiger partial charge on any atom is 1.00 e. The molecule has 11 heteroatoms. The minimum Gasteiger partial charge on any atom is -0.548 e. The van der Waals surface area contributed by atoms with E-state index < -0.39 is 46.0 Å². The van der Waals surface area contributed by atoms with Crippen molar-refractivity contribution in [1.82, 2.24) is 15.5 Å². The molecule has 2 fully saturated rings. The number of carboxylic acids is 1. The zero-order chi connectivity index (χ0) is 18.2.